The lowest BCUT2D eigenvalue weighted by Crippen LogP contribution is -2.28. The van der Waals surface area contributed by atoms with E-state index in [1.165, 1.54) is 12.8 Å². The van der Waals surface area contributed by atoms with Crippen molar-refractivity contribution in [3.8, 4) is 0 Å². The number of hydrogen-bond acceptors (Lipinski definition) is 7. The highest BCUT2D eigenvalue weighted by molar-refractivity contribution is 9.10. The van der Waals surface area contributed by atoms with E-state index in [0.29, 0.717) is 36.4 Å². The molecular weight excluding hydrogens is 486 g/mol. The highest BCUT2D eigenvalue weighted by atomic mass is 79.9. The minimum atomic E-state index is -0.520. The largest absolute Gasteiger partial charge is 0.383 e. The minimum absolute atomic E-state index is 0.0894. The molecule has 10 heteroatoms. The highest BCUT2D eigenvalue weighted by Crippen LogP contribution is 2.40. The van der Waals surface area contributed by atoms with Gasteiger partial charge in [-0.2, -0.15) is 10.1 Å². The predicted octanol–water partition coefficient (Wildman–Crippen LogP) is 3.12. The molecule has 3 aromatic rings. The normalized spacial score (nSPS) is 18.5. The van der Waals surface area contributed by atoms with Crippen LogP contribution in [0.5, 0.6) is 0 Å². The average Bonchev–Trinajstić information content (AvgIpc) is 3.37. The third-order valence-electron chi connectivity index (χ3n) is 6.39. The third kappa shape index (κ3) is 4.73. The van der Waals surface area contributed by atoms with Gasteiger partial charge in [-0.05, 0) is 62.0 Å². The van der Waals surface area contributed by atoms with Crippen molar-refractivity contribution in [1.82, 2.24) is 25.1 Å². The molecule has 1 unspecified atom stereocenters. The van der Waals surface area contributed by atoms with Crippen LogP contribution in [0, 0.1) is 5.92 Å². The summed E-state index contributed by atoms with van der Waals surface area (Å²) in [5, 5.41) is 15.2. The first-order valence-corrected chi connectivity index (χ1v) is 12.2. The molecule has 9 nitrogen and oxygen atoms in total. The summed E-state index contributed by atoms with van der Waals surface area (Å²) in [6, 6.07) is 5.81. The van der Waals surface area contributed by atoms with Crippen LogP contribution in [0.3, 0.4) is 0 Å². The van der Waals surface area contributed by atoms with Gasteiger partial charge in [0.1, 0.15) is 5.92 Å². The number of fused-ring (bicyclic) bond motifs is 2. The van der Waals surface area contributed by atoms with E-state index < -0.39 is 5.92 Å². The molecule has 2 aromatic heterocycles. The van der Waals surface area contributed by atoms with Crippen LogP contribution in [0.2, 0.25) is 0 Å². The van der Waals surface area contributed by atoms with Crippen LogP contribution in [0.15, 0.2) is 28.9 Å². The fraction of sp³-hybridized carbons (Fsp3) is 0.478. The van der Waals surface area contributed by atoms with Gasteiger partial charge in [0.2, 0.25) is 11.9 Å². The van der Waals surface area contributed by atoms with Gasteiger partial charge < -0.3 is 20.7 Å². The number of methoxy groups -OCH3 is 1. The second kappa shape index (κ2) is 9.74. The summed E-state index contributed by atoms with van der Waals surface area (Å²) in [6.45, 7) is 4.10. The molecule has 33 heavy (non-hydrogen) atoms. The fourth-order valence-electron chi connectivity index (χ4n) is 4.63. The van der Waals surface area contributed by atoms with Crippen molar-refractivity contribution >= 4 is 44.5 Å². The molecule has 0 saturated carbocycles. The quantitative estimate of drug-likeness (QED) is 0.424. The molecule has 0 spiro atoms. The molecule has 174 valence electrons. The number of anilines is 2. The summed E-state index contributed by atoms with van der Waals surface area (Å²) in [6.07, 6.45) is 5.38. The maximum Gasteiger partial charge on any atom is 0.238 e. The second-order valence-corrected chi connectivity index (χ2v) is 9.53. The van der Waals surface area contributed by atoms with Crippen molar-refractivity contribution < 1.29 is 9.53 Å². The summed E-state index contributed by atoms with van der Waals surface area (Å²) < 4.78 is 7.93. The minimum Gasteiger partial charge on any atom is -0.383 e. The van der Waals surface area contributed by atoms with Crippen LogP contribution in [0.1, 0.15) is 36.4 Å². The van der Waals surface area contributed by atoms with Crippen LogP contribution in [-0.2, 0) is 16.1 Å². The number of ether oxygens (including phenoxy) is 1. The van der Waals surface area contributed by atoms with Gasteiger partial charge in [0.25, 0.3) is 0 Å². The molecule has 2 aliphatic rings. The van der Waals surface area contributed by atoms with Crippen molar-refractivity contribution in [3.05, 3.63) is 40.1 Å². The number of aromatic nitrogens is 4. The Balaban J connectivity index is 1.48. The zero-order valence-electron chi connectivity index (χ0n) is 18.6. The zero-order valence-corrected chi connectivity index (χ0v) is 20.2. The first kappa shape index (κ1) is 22.2. The van der Waals surface area contributed by atoms with Gasteiger partial charge >= 0.3 is 0 Å². The van der Waals surface area contributed by atoms with Crippen molar-refractivity contribution in [2.45, 2.75) is 31.7 Å². The van der Waals surface area contributed by atoms with E-state index in [1.54, 1.807) is 11.8 Å². The summed E-state index contributed by atoms with van der Waals surface area (Å²) in [5.41, 5.74) is 2.96. The monoisotopic (exact) mass is 513 g/mol. The van der Waals surface area contributed by atoms with E-state index in [-0.39, 0.29) is 5.91 Å². The van der Waals surface area contributed by atoms with E-state index in [1.807, 2.05) is 24.4 Å². The Morgan fingerprint density at radius 3 is 2.94 bits per heavy atom. The highest BCUT2D eigenvalue weighted by Gasteiger charge is 2.35. The van der Waals surface area contributed by atoms with E-state index in [0.717, 1.165) is 47.2 Å². The number of carbonyl (C=O) groups is 1. The summed E-state index contributed by atoms with van der Waals surface area (Å²) in [7, 11) is 1.66. The Labute approximate surface area is 200 Å². The summed E-state index contributed by atoms with van der Waals surface area (Å²) in [5.74, 6) is 0.612. The number of hydrogen-bond donors (Lipinski definition) is 3. The van der Waals surface area contributed by atoms with Gasteiger partial charge in [0.05, 0.1) is 24.2 Å². The average molecular weight is 514 g/mol. The van der Waals surface area contributed by atoms with Crippen LogP contribution in [0.25, 0.3) is 11.0 Å². The number of rotatable bonds is 8. The van der Waals surface area contributed by atoms with Crippen LogP contribution < -0.4 is 16.0 Å². The number of halogens is 1. The molecule has 1 aromatic carbocycles. The zero-order chi connectivity index (χ0) is 22.8. The van der Waals surface area contributed by atoms with E-state index in [9.17, 15) is 4.79 Å². The smallest absolute Gasteiger partial charge is 0.238 e. The first-order valence-electron chi connectivity index (χ1n) is 11.4. The number of piperidine rings is 1. The second-order valence-electron chi connectivity index (χ2n) is 8.62. The van der Waals surface area contributed by atoms with E-state index in [2.05, 4.69) is 42.0 Å². The molecule has 3 N–H and O–H groups in total. The number of carbonyl (C=O) groups excluding carboxylic acids is 1. The van der Waals surface area contributed by atoms with Gasteiger partial charge in [-0.15, -0.1) is 0 Å². The topological polar surface area (TPSA) is 106 Å². The van der Waals surface area contributed by atoms with Crippen LogP contribution in [0.4, 0.5) is 11.6 Å². The first-order chi connectivity index (χ1) is 16.1. The summed E-state index contributed by atoms with van der Waals surface area (Å²) in [4.78, 5) is 22.5. The molecule has 4 heterocycles. The Morgan fingerprint density at radius 2 is 2.12 bits per heavy atom. The molecule has 1 saturated heterocycles. The number of benzene rings is 1. The maximum atomic E-state index is 13.0. The van der Waals surface area contributed by atoms with Crippen molar-refractivity contribution in [3.63, 3.8) is 0 Å². The van der Waals surface area contributed by atoms with Gasteiger partial charge in [-0.3, -0.25) is 9.48 Å². The van der Waals surface area contributed by atoms with E-state index in [4.69, 9.17) is 9.72 Å². The SMILES string of the molecule is COCCn1cc2c(C3C(=O)Nc4ccc(Br)cc43)nc(NCCC3CCNCC3)nc2n1. The summed E-state index contributed by atoms with van der Waals surface area (Å²) >= 11 is 3.53. The molecule has 0 radical (unpaired) electrons. The molecule has 5 rings (SSSR count). The maximum absolute atomic E-state index is 13.0. The number of nitrogens with zero attached hydrogens (tertiary/aromatic N) is 4. The van der Waals surface area contributed by atoms with Gasteiger partial charge in [-0.25, -0.2) is 4.98 Å². The van der Waals surface area contributed by atoms with Crippen molar-refractivity contribution in [2.75, 3.05) is 44.0 Å². The van der Waals surface area contributed by atoms with Gasteiger partial charge in [0.15, 0.2) is 5.65 Å². The van der Waals surface area contributed by atoms with Crippen LogP contribution in [-0.4, -0.2) is 59.0 Å². The molecule has 0 bridgehead atoms. The number of amides is 1. The van der Waals surface area contributed by atoms with E-state index >= 15 is 0 Å². The molecular formula is C23H28BrN7O2. The molecule has 1 atom stereocenters. The predicted molar refractivity (Wildman–Crippen MR) is 131 cm³/mol. The third-order valence-corrected chi connectivity index (χ3v) is 6.89. The lowest BCUT2D eigenvalue weighted by Gasteiger charge is -2.22. The van der Waals surface area contributed by atoms with Crippen molar-refractivity contribution in [1.29, 1.82) is 0 Å². The molecule has 2 aliphatic heterocycles. The number of nitrogens with one attached hydrogen (secondary N) is 3. The Hall–Kier alpha value is -2.56. The molecule has 1 fully saturated rings. The Bertz CT molecular complexity index is 1160. The standard InChI is InChI=1S/C23H28BrN7O2/c1-33-11-10-31-13-17-20(19-16-12-15(24)2-3-18(16)27-22(19)32)28-23(29-21(17)30-31)26-9-6-14-4-7-25-8-5-14/h2-3,12-14,19,25H,4-11H2,1H3,(H,27,32)(H,26,29,30). The van der Waals surface area contributed by atoms with Gasteiger partial charge in [-0.1, -0.05) is 15.9 Å². The lowest BCUT2D eigenvalue weighted by atomic mass is 9.95. The Kier molecular flexibility index (Phi) is 6.57. The fourth-order valence-corrected chi connectivity index (χ4v) is 5.01. The Morgan fingerprint density at radius 1 is 1.27 bits per heavy atom. The lowest BCUT2D eigenvalue weighted by molar-refractivity contribution is -0.116. The molecule has 1 amide bonds. The van der Waals surface area contributed by atoms with Crippen LogP contribution >= 0.6 is 15.9 Å². The van der Waals surface area contributed by atoms with Gasteiger partial charge in [0, 0.05) is 30.0 Å². The van der Waals surface area contributed by atoms with Crippen molar-refractivity contribution in [2.24, 2.45) is 5.92 Å². The molecule has 0 aliphatic carbocycles.